The molecule has 0 N–H and O–H groups in total. The van der Waals surface area contributed by atoms with Crippen LogP contribution in [0.2, 0.25) is 5.02 Å². The van der Waals surface area contributed by atoms with E-state index in [1.807, 2.05) is 0 Å². The molecule has 1 aromatic carbocycles. The van der Waals surface area contributed by atoms with E-state index in [4.69, 9.17) is 21.6 Å². The molecule has 1 heterocycles. The molecule has 2 rings (SSSR count). The van der Waals surface area contributed by atoms with Crippen LogP contribution in [0, 0.1) is 11.3 Å². The van der Waals surface area contributed by atoms with Gasteiger partial charge in [0.2, 0.25) is 0 Å². The Morgan fingerprint density at radius 3 is 3.06 bits per heavy atom. The Hall–Kier alpha value is -1.73. The summed E-state index contributed by atoms with van der Waals surface area (Å²) < 4.78 is 5.16. The van der Waals surface area contributed by atoms with Crippen LogP contribution in [0.1, 0.15) is 23.2 Å². The third-order valence-corrected chi connectivity index (χ3v) is 3.29. The minimum Gasteiger partial charge on any atom is -0.496 e. The number of amides is 1. The summed E-state index contributed by atoms with van der Waals surface area (Å²) in [6, 6.07) is 6.70. The molecule has 0 aliphatic carbocycles. The van der Waals surface area contributed by atoms with Crippen LogP contribution < -0.4 is 4.74 Å². The average molecular weight is 265 g/mol. The van der Waals surface area contributed by atoms with Gasteiger partial charge in [0, 0.05) is 11.6 Å². The van der Waals surface area contributed by atoms with Crippen molar-refractivity contribution in [3.63, 3.8) is 0 Å². The number of nitriles is 1. The topological polar surface area (TPSA) is 53.3 Å². The third kappa shape index (κ3) is 2.27. The van der Waals surface area contributed by atoms with Crippen molar-refractivity contribution in [1.29, 1.82) is 5.26 Å². The number of carbonyl (C=O) groups excluding carboxylic acids is 1. The highest BCUT2D eigenvalue weighted by atomic mass is 35.5. The maximum absolute atomic E-state index is 12.4. The monoisotopic (exact) mass is 264 g/mol. The van der Waals surface area contributed by atoms with Crippen LogP contribution in [-0.2, 0) is 0 Å². The molecule has 1 saturated heterocycles. The highest BCUT2D eigenvalue weighted by Gasteiger charge is 2.30. The van der Waals surface area contributed by atoms with Crippen molar-refractivity contribution in [2.45, 2.75) is 18.9 Å². The number of likely N-dealkylation sites (tertiary alicyclic amines) is 1. The van der Waals surface area contributed by atoms with Gasteiger partial charge < -0.3 is 9.64 Å². The summed E-state index contributed by atoms with van der Waals surface area (Å²) in [5.41, 5.74) is 0.448. The fraction of sp³-hybridized carbons (Fsp3) is 0.385. The number of carbonyl (C=O) groups is 1. The van der Waals surface area contributed by atoms with Gasteiger partial charge in [-0.2, -0.15) is 5.26 Å². The van der Waals surface area contributed by atoms with Gasteiger partial charge in [-0.15, -0.1) is 0 Å². The van der Waals surface area contributed by atoms with Gasteiger partial charge in [-0.25, -0.2) is 0 Å². The summed E-state index contributed by atoms with van der Waals surface area (Å²) in [6.07, 6.45) is 1.60. The first-order valence-electron chi connectivity index (χ1n) is 5.71. The highest BCUT2D eigenvalue weighted by Crippen LogP contribution is 2.27. The lowest BCUT2D eigenvalue weighted by Gasteiger charge is -2.20. The minimum atomic E-state index is -0.335. The van der Waals surface area contributed by atoms with Gasteiger partial charge in [-0.1, -0.05) is 11.6 Å². The van der Waals surface area contributed by atoms with E-state index < -0.39 is 0 Å². The van der Waals surface area contributed by atoms with Gasteiger partial charge in [0.05, 0.1) is 18.7 Å². The maximum Gasteiger partial charge on any atom is 0.258 e. The molecule has 0 saturated carbocycles. The fourth-order valence-corrected chi connectivity index (χ4v) is 2.30. The molecule has 4 nitrogen and oxygen atoms in total. The predicted octanol–water partition coefficient (Wildman–Crippen LogP) is 2.48. The van der Waals surface area contributed by atoms with Gasteiger partial charge >= 0.3 is 0 Å². The van der Waals surface area contributed by atoms with Crippen molar-refractivity contribution in [1.82, 2.24) is 4.90 Å². The largest absolute Gasteiger partial charge is 0.496 e. The number of hydrogen-bond acceptors (Lipinski definition) is 3. The second-order valence-electron chi connectivity index (χ2n) is 4.13. The van der Waals surface area contributed by atoms with Crippen LogP contribution in [-0.4, -0.2) is 30.5 Å². The van der Waals surface area contributed by atoms with Crippen molar-refractivity contribution >= 4 is 17.5 Å². The van der Waals surface area contributed by atoms with E-state index in [1.54, 1.807) is 23.1 Å². The SMILES string of the molecule is COc1cc(Cl)ccc1C(=O)N1CCCC1C#N. The molecular weight excluding hydrogens is 252 g/mol. The summed E-state index contributed by atoms with van der Waals surface area (Å²) in [5.74, 6) is 0.267. The van der Waals surface area contributed by atoms with Crippen LogP contribution in [0.25, 0.3) is 0 Å². The molecule has 1 aromatic rings. The lowest BCUT2D eigenvalue weighted by Crippen LogP contribution is -2.34. The van der Waals surface area contributed by atoms with Crippen molar-refractivity contribution in [2.24, 2.45) is 0 Å². The zero-order valence-corrected chi connectivity index (χ0v) is 10.8. The second kappa shape index (κ2) is 5.28. The van der Waals surface area contributed by atoms with Crippen LogP contribution in [0.5, 0.6) is 5.75 Å². The highest BCUT2D eigenvalue weighted by molar-refractivity contribution is 6.30. The number of halogens is 1. The summed E-state index contributed by atoms with van der Waals surface area (Å²) in [6.45, 7) is 0.614. The first-order chi connectivity index (χ1) is 8.67. The summed E-state index contributed by atoms with van der Waals surface area (Å²) in [5, 5.41) is 9.52. The molecule has 1 amide bonds. The van der Waals surface area contributed by atoms with Crippen LogP contribution >= 0.6 is 11.6 Å². The van der Waals surface area contributed by atoms with Crippen molar-refractivity contribution in [2.75, 3.05) is 13.7 Å². The van der Waals surface area contributed by atoms with E-state index >= 15 is 0 Å². The van der Waals surface area contributed by atoms with Crippen molar-refractivity contribution in [3.8, 4) is 11.8 Å². The van der Waals surface area contributed by atoms with Gasteiger partial charge in [-0.3, -0.25) is 4.79 Å². The summed E-state index contributed by atoms with van der Waals surface area (Å²) >= 11 is 5.86. The molecule has 94 valence electrons. The fourth-order valence-electron chi connectivity index (χ4n) is 2.14. The standard InChI is InChI=1S/C13H13ClN2O2/c1-18-12-7-9(14)4-5-11(12)13(17)16-6-2-3-10(16)8-15/h4-5,7,10H,2-3,6H2,1H3. The number of methoxy groups -OCH3 is 1. The molecule has 0 radical (unpaired) electrons. The number of ether oxygens (including phenoxy) is 1. The third-order valence-electron chi connectivity index (χ3n) is 3.06. The Morgan fingerprint density at radius 1 is 1.61 bits per heavy atom. The van der Waals surface area contributed by atoms with Crippen LogP contribution in [0.4, 0.5) is 0 Å². The molecule has 1 atom stereocenters. The quantitative estimate of drug-likeness (QED) is 0.825. The van der Waals surface area contributed by atoms with Crippen LogP contribution in [0.15, 0.2) is 18.2 Å². The number of nitrogens with zero attached hydrogens (tertiary/aromatic N) is 2. The summed E-state index contributed by atoms with van der Waals surface area (Å²) in [7, 11) is 1.49. The Bertz CT molecular complexity index is 510. The second-order valence-corrected chi connectivity index (χ2v) is 4.57. The Balaban J connectivity index is 2.31. The molecule has 1 unspecified atom stereocenters. The smallest absolute Gasteiger partial charge is 0.258 e. The first-order valence-corrected chi connectivity index (χ1v) is 6.09. The van der Waals surface area contributed by atoms with E-state index in [1.165, 1.54) is 7.11 Å². The molecule has 1 aliphatic rings. The normalized spacial score (nSPS) is 18.5. The van der Waals surface area contributed by atoms with Crippen molar-refractivity contribution < 1.29 is 9.53 Å². The summed E-state index contributed by atoms with van der Waals surface area (Å²) in [4.78, 5) is 13.9. The van der Waals surface area contributed by atoms with Gasteiger partial charge in [0.1, 0.15) is 11.8 Å². The Labute approximate surface area is 111 Å². The molecule has 0 aromatic heterocycles. The Morgan fingerprint density at radius 2 is 2.39 bits per heavy atom. The Kier molecular flexibility index (Phi) is 3.73. The zero-order chi connectivity index (χ0) is 13.1. The van der Waals surface area contributed by atoms with E-state index in [-0.39, 0.29) is 11.9 Å². The van der Waals surface area contributed by atoms with Crippen LogP contribution in [0.3, 0.4) is 0 Å². The van der Waals surface area contributed by atoms with Gasteiger partial charge in [0.15, 0.2) is 0 Å². The lowest BCUT2D eigenvalue weighted by molar-refractivity contribution is 0.0761. The van der Waals surface area contributed by atoms with E-state index in [0.29, 0.717) is 22.9 Å². The molecule has 0 spiro atoms. The molecular formula is C13H13ClN2O2. The molecule has 1 aliphatic heterocycles. The van der Waals surface area contributed by atoms with E-state index in [2.05, 4.69) is 6.07 Å². The number of rotatable bonds is 2. The predicted molar refractivity (Wildman–Crippen MR) is 67.7 cm³/mol. The maximum atomic E-state index is 12.4. The van der Waals surface area contributed by atoms with Gasteiger partial charge in [-0.05, 0) is 31.0 Å². The molecule has 5 heteroatoms. The average Bonchev–Trinajstić information content (AvgIpc) is 2.86. The lowest BCUT2D eigenvalue weighted by atomic mass is 10.1. The van der Waals surface area contributed by atoms with Crippen molar-refractivity contribution in [3.05, 3.63) is 28.8 Å². The number of benzene rings is 1. The molecule has 1 fully saturated rings. The van der Waals surface area contributed by atoms with E-state index in [0.717, 1.165) is 12.8 Å². The zero-order valence-electron chi connectivity index (χ0n) is 10.0. The molecule has 18 heavy (non-hydrogen) atoms. The minimum absolute atomic E-state index is 0.174. The molecule has 0 bridgehead atoms. The van der Waals surface area contributed by atoms with E-state index in [9.17, 15) is 4.79 Å². The number of hydrogen-bond donors (Lipinski definition) is 0. The van der Waals surface area contributed by atoms with Gasteiger partial charge in [0.25, 0.3) is 5.91 Å². The first kappa shape index (κ1) is 12.7.